The van der Waals surface area contributed by atoms with E-state index in [0.29, 0.717) is 24.9 Å². The highest BCUT2D eigenvalue weighted by molar-refractivity contribution is 5.59. The van der Waals surface area contributed by atoms with Gasteiger partial charge in [0, 0.05) is 5.56 Å². The van der Waals surface area contributed by atoms with Crippen molar-refractivity contribution >= 4 is 5.88 Å². The average molecular weight is 335 g/mol. The van der Waals surface area contributed by atoms with Gasteiger partial charge in [-0.3, -0.25) is 0 Å². The van der Waals surface area contributed by atoms with Crippen molar-refractivity contribution in [2.45, 2.75) is 0 Å². The molecule has 0 amide bonds. The standard InChI is InChI=1S/C19H17N3O3/c1-23-15-9-7-14(8-10-15)18-22-17(13-20)19(25-18)21-11-12-24-16-5-3-2-4-6-16/h2-10,21H,11-12H2,1H3. The van der Waals surface area contributed by atoms with Crippen molar-refractivity contribution in [3.05, 3.63) is 60.3 Å². The first kappa shape index (κ1) is 16.4. The van der Waals surface area contributed by atoms with Gasteiger partial charge in [-0.15, -0.1) is 0 Å². The van der Waals surface area contributed by atoms with Crippen LogP contribution >= 0.6 is 0 Å². The van der Waals surface area contributed by atoms with E-state index in [1.54, 1.807) is 7.11 Å². The second-order valence-electron chi connectivity index (χ2n) is 5.13. The summed E-state index contributed by atoms with van der Waals surface area (Å²) in [6.45, 7) is 0.925. The van der Waals surface area contributed by atoms with Crippen LogP contribution in [0, 0.1) is 11.3 Å². The lowest BCUT2D eigenvalue weighted by Crippen LogP contribution is -2.11. The number of rotatable bonds is 7. The zero-order chi connectivity index (χ0) is 17.5. The molecule has 0 aliphatic carbocycles. The maximum absolute atomic E-state index is 9.23. The molecule has 0 saturated carbocycles. The summed E-state index contributed by atoms with van der Waals surface area (Å²) >= 11 is 0. The topological polar surface area (TPSA) is 80.3 Å². The number of oxazole rings is 1. The van der Waals surface area contributed by atoms with Gasteiger partial charge in [0.05, 0.1) is 13.7 Å². The Morgan fingerprint density at radius 3 is 2.52 bits per heavy atom. The molecule has 0 fully saturated rings. The van der Waals surface area contributed by atoms with Crippen LogP contribution in [0.2, 0.25) is 0 Å². The van der Waals surface area contributed by atoms with Crippen LogP contribution in [-0.4, -0.2) is 25.2 Å². The van der Waals surface area contributed by atoms with Gasteiger partial charge in [-0.1, -0.05) is 18.2 Å². The van der Waals surface area contributed by atoms with E-state index in [0.717, 1.165) is 17.1 Å². The Bertz CT molecular complexity index is 852. The zero-order valence-corrected chi connectivity index (χ0v) is 13.7. The summed E-state index contributed by atoms with van der Waals surface area (Å²) in [7, 11) is 1.60. The van der Waals surface area contributed by atoms with Crippen LogP contribution < -0.4 is 14.8 Å². The number of nitrogens with one attached hydrogen (secondary N) is 1. The monoisotopic (exact) mass is 335 g/mol. The van der Waals surface area contributed by atoms with E-state index in [-0.39, 0.29) is 5.69 Å². The summed E-state index contributed by atoms with van der Waals surface area (Å²) < 4.78 is 16.4. The van der Waals surface area contributed by atoms with Crippen molar-refractivity contribution in [1.82, 2.24) is 4.98 Å². The fourth-order valence-electron chi connectivity index (χ4n) is 2.22. The fourth-order valence-corrected chi connectivity index (χ4v) is 2.22. The first-order valence-electron chi connectivity index (χ1n) is 7.77. The maximum atomic E-state index is 9.23. The quantitative estimate of drug-likeness (QED) is 0.663. The third kappa shape index (κ3) is 4.09. The summed E-state index contributed by atoms with van der Waals surface area (Å²) in [5.41, 5.74) is 0.983. The normalized spacial score (nSPS) is 10.1. The largest absolute Gasteiger partial charge is 0.497 e. The number of para-hydroxylation sites is 1. The molecule has 0 spiro atoms. The van der Waals surface area contributed by atoms with Crippen molar-refractivity contribution in [3.63, 3.8) is 0 Å². The molecule has 0 radical (unpaired) electrons. The molecule has 0 bridgehead atoms. The van der Waals surface area contributed by atoms with E-state index < -0.39 is 0 Å². The molecule has 2 aromatic carbocycles. The summed E-state index contributed by atoms with van der Waals surface area (Å²) in [5, 5.41) is 12.3. The van der Waals surface area contributed by atoms with E-state index in [1.165, 1.54) is 0 Å². The van der Waals surface area contributed by atoms with Crippen LogP contribution in [0.5, 0.6) is 11.5 Å². The number of methoxy groups -OCH3 is 1. The van der Waals surface area contributed by atoms with Crippen molar-refractivity contribution in [2.75, 3.05) is 25.6 Å². The molecular weight excluding hydrogens is 318 g/mol. The zero-order valence-electron chi connectivity index (χ0n) is 13.7. The highest BCUT2D eigenvalue weighted by atomic mass is 16.5. The second-order valence-corrected chi connectivity index (χ2v) is 5.13. The number of hydrogen-bond acceptors (Lipinski definition) is 6. The minimum Gasteiger partial charge on any atom is -0.497 e. The van der Waals surface area contributed by atoms with E-state index in [9.17, 15) is 5.26 Å². The van der Waals surface area contributed by atoms with Gasteiger partial charge in [-0.25, -0.2) is 0 Å². The van der Waals surface area contributed by atoms with Crippen LogP contribution in [0.3, 0.4) is 0 Å². The molecule has 1 heterocycles. The molecule has 1 aromatic heterocycles. The molecule has 1 N–H and O–H groups in total. The van der Waals surface area contributed by atoms with Gasteiger partial charge in [0.2, 0.25) is 17.5 Å². The number of nitriles is 1. The third-order valence-corrected chi connectivity index (χ3v) is 3.47. The Morgan fingerprint density at radius 2 is 1.84 bits per heavy atom. The van der Waals surface area contributed by atoms with Gasteiger partial charge in [-0.05, 0) is 36.4 Å². The highest BCUT2D eigenvalue weighted by Crippen LogP contribution is 2.26. The Hall–Kier alpha value is -3.46. The van der Waals surface area contributed by atoms with E-state index >= 15 is 0 Å². The first-order chi connectivity index (χ1) is 12.3. The third-order valence-electron chi connectivity index (χ3n) is 3.47. The van der Waals surface area contributed by atoms with Gasteiger partial charge < -0.3 is 19.2 Å². The number of aromatic nitrogens is 1. The van der Waals surface area contributed by atoms with Crippen LogP contribution in [0.1, 0.15) is 5.69 Å². The van der Waals surface area contributed by atoms with Gasteiger partial charge >= 0.3 is 0 Å². The molecule has 25 heavy (non-hydrogen) atoms. The van der Waals surface area contributed by atoms with Crippen molar-refractivity contribution in [1.29, 1.82) is 5.26 Å². The lowest BCUT2D eigenvalue weighted by molar-refractivity contribution is 0.331. The summed E-state index contributed by atoms with van der Waals surface area (Å²) in [6, 6.07) is 18.8. The number of benzene rings is 2. The molecule has 0 saturated heterocycles. The number of ether oxygens (including phenoxy) is 2. The van der Waals surface area contributed by atoms with Crippen molar-refractivity contribution in [2.24, 2.45) is 0 Å². The van der Waals surface area contributed by atoms with Gasteiger partial charge in [0.1, 0.15) is 24.2 Å². The summed E-state index contributed by atoms with van der Waals surface area (Å²) in [5.74, 6) is 2.25. The molecular formula is C19H17N3O3. The fraction of sp³-hybridized carbons (Fsp3) is 0.158. The molecule has 3 aromatic rings. The number of hydrogen-bond donors (Lipinski definition) is 1. The Labute approximate surface area is 145 Å². The first-order valence-corrected chi connectivity index (χ1v) is 7.77. The lowest BCUT2D eigenvalue weighted by atomic mass is 10.2. The molecule has 0 aliphatic rings. The second kappa shape index (κ2) is 7.88. The van der Waals surface area contributed by atoms with Crippen LogP contribution in [0.15, 0.2) is 59.0 Å². The molecule has 0 atom stereocenters. The van der Waals surface area contributed by atoms with Crippen LogP contribution in [0.25, 0.3) is 11.5 Å². The molecule has 0 unspecified atom stereocenters. The van der Waals surface area contributed by atoms with Crippen molar-refractivity contribution < 1.29 is 13.9 Å². The summed E-state index contributed by atoms with van der Waals surface area (Å²) in [4.78, 5) is 4.22. The Kier molecular flexibility index (Phi) is 5.17. The van der Waals surface area contributed by atoms with E-state index in [1.807, 2.05) is 60.7 Å². The maximum Gasteiger partial charge on any atom is 0.232 e. The highest BCUT2D eigenvalue weighted by Gasteiger charge is 2.14. The van der Waals surface area contributed by atoms with Gasteiger partial charge in [0.25, 0.3) is 0 Å². The molecule has 6 heteroatoms. The smallest absolute Gasteiger partial charge is 0.232 e. The van der Waals surface area contributed by atoms with Crippen LogP contribution in [0.4, 0.5) is 5.88 Å². The van der Waals surface area contributed by atoms with E-state index in [2.05, 4.69) is 10.3 Å². The predicted octanol–water partition coefficient (Wildman–Crippen LogP) is 3.71. The molecule has 6 nitrogen and oxygen atoms in total. The predicted molar refractivity (Wildman–Crippen MR) is 93.6 cm³/mol. The number of anilines is 1. The average Bonchev–Trinajstić information content (AvgIpc) is 3.09. The molecule has 0 aliphatic heterocycles. The molecule has 3 rings (SSSR count). The minimum atomic E-state index is 0.213. The van der Waals surface area contributed by atoms with Crippen molar-refractivity contribution in [3.8, 4) is 29.0 Å². The lowest BCUT2D eigenvalue weighted by Gasteiger charge is -2.06. The van der Waals surface area contributed by atoms with Crippen LogP contribution in [-0.2, 0) is 0 Å². The minimum absolute atomic E-state index is 0.213. The SMILES string of the molecule is COc1ccc(-c2nc(C#N)c(NCCOc3ccccc3)o2)cc1. The molecule has 126 valence electrons. The summed E-state index contributed by atoms with van der Waals surface area (Å²) in [6.07, 6.45) is 0. The van der Waals surface area contributed by atoms with E-state index in [4.69, 9.17) is 13.9 Å². The van der Waals surface area contributed by atoms with Gasteiger partial charge in [0.15, 0.2) is 0 Å². The van der Waals surface area contributed by atoms with Gasteiger partial charge in [-0.2, -0.15) is 10.2 Å². The Balaban J connectivity index is 1.63. The number of nitrogens with zero attached hydrogens (tertiary/aromatic N) is 2. The Morgan fingerprint density at radius 1 is 1.08 bits per heavy atom.